The summed E-state index contributed by atoms with van der Waals surface area (Å²) >= 11 is 2.93. The van der Waals surface area contributed by atoms with Crippen LogP contribution in [0.4, 0.5) is 0 Å². The Morgan fingerprint density at radius 3 is 2.71 bits per heavy atom. The fraction of sp³-hybridized carbons (Fsp3) is 0. The minimum atomic E-state index is -0.120. The van der Waals surface area contributed by atoms with Crippen LogP contribution in [0.15, 0.2) is 41.1 Å². The summed E-state index contributed by atoms with van der Waals surface area (Å²) in [5.41, 5.74) is 0.373. The quantitative estimate of drug-likeness (QED) is 0.709. The molecule has 1 aromatic carbocycles. The highest BCUT2D eigenvalue weighted by atomic mass is 32.1. The smallest absolute Gasteiger partial charge is 0.206 e. The molecule has 84 valence electrons. The second kappa shape index (κ2) is 3.98. The molecule has 4 heteroatoms. The molecule has 0 aliphatic heterocycles. The molecule has 0 unspecified atom stereocenters. The topological polar surface area (TPSA) is 37.3 Å². The number of phenolic OH excluding ortho intramolecular Hbond substituents is 1. The molecule has 0 amide bonds. The highest BCUT2D eigenvalue weighted by Gasteiger charge is 2.16. The van der Waals surface area contributed by atoms with Crippen molar-refractivity contribution in [1.29, 1.82) is 0 Å². The van der Waals surface area contributed by atoms with Crippen molar-refractivity contribution in [3.8, 4) is 5.75 Å². The molecule has 0 fully saturated rings. The molecule has 3 aromatic rings. The van der Waals surface area contributed by atoms with Gasteiger partial charge in [0, 0.05) is 10.1 Å². The Balaban J connectivity index is 2.18. The number of aromatic hydroxyl groups is 1. The van der Waals surface area contributed by atoms with Crippen molar-refractivity contribution in [2.45, 2.75) is 0 Å². The summed E-state index contributed by atoms with van der Waals surface area (Å²) in [6.45, 7) is 0. The Morgan fingerprint density at radius 2 is 1.94 bits per heavy atom. The van der Waals surface area contributed by atoms with Crippen LogP contribution in [0, 0.1) is 0 Å². The van der Waals surface area contributed by atoms with Gasteiger partial charge in [-0.3, -0.25) is 4.79 Å². The van der Waals surface area contributed by atoms with Gasteiger partial charge in [-0.15, -0.1) is 22.7 Å². The molecule has 0 saturated carbocycles. The Kier molecular flexibility index (Phi) is 2.46. The van der Waals surface area contributed by atoms with E-state index in [9.17, 15) is 9.90 Å². The molecule has 0 spiro atoms. The summed E-state index contributed by atoms with van der Waals surface area (Å²) in [5, 5.41) is 14.6. The molecule has 2 heterocycles. The molecule has 17 heavy (non-hydrogen) atoms. The van der Waals surface area contributed by atoms with Crippen molar-refractivity contribution < 1.29 is 9.90 Å². The maximum atomic E-state index is 12.1. The summed E-state index contributed by atoms with van der Waals surface area (Å²) in [6, 6.07) is 9.00. The third kappa shape index (κ3) is 1.66. The summed E-state index contributed by atoms with van der Waals surface area (Å²) < 4.78 is 0.991. The van der Waals surface area contributed by atoms with Crippen LogP contribution in [0.5, 0.6) is 5.75 Å². The molecule has 0 radical (unpaired) electrons. The lowest BCUT2D eigenvalue weighted by Crippen LogP contribution is -1.98. The van der Waals surface area contributed by atoms with Gasteiger partial charge in [-0.25, -0.2) is 0 Å². The van der Waals surface area contributed by atoms with E-state index in [1.807, 2.05) is 29.0 Å². The zero-order chi connectivity index (χ0) is 11.8. The van der Waals surface area contributed by atoms with Gasteiger partial charge in [-0.2, -0.15) is 0 Å². The van der Waals surface area contributed by atoms with E-state index in [1.165, 1.54) is 11.3 Å². The second-order valence-electron chi connectivity index (χ2n) is 3.60. The Labute approximate surface area is 106 Å². The largest absolute Gasteiger partial charge is 0.506 e. The predicted molar refractivity (Wildman–Crippen MR) is 71.2 cm³/mol. The normalized spacial score (nSPS) is 10.8. The van der Waals surface area contributed by atoms with Crippen molar-refractivity contribution in [3.05, 3.63) is 51.5 Å². The van der Waals surface area contributed by atoms with Crippen LogP contribution in [-0.2, 0) is 0 Å². The summed E-state index contributed by atoms with van der Waals surface area (Å²) in [7, 11) is 0. The fourth-order valence-electron chi connectivity index (χ4n) is 1.75. The van der Waals surface area contributed by atoms with Crippen LogP contribution in [0.1, 0.15) is 15.2 Å². The van der Waals surface area contributed by atoms with Gasteiger partial charge in [-0.05, 0) is 35.0 Å². The number of carbonyl (C=O) groups excluding carboxylic acids is 1. The number of thiophene rings is 2. The van der Waals surface area contributed by atoms with Crippen LogP contribution >= 0.6 is 22.7 Å². The third-order valence-electron chi connectivity index (χ3n) is 2.60. The number of ketones is 1. The average molecular weight is 260 g/mol. The predicted octanol–water partition coefficient (Wildman–Crippen LogP) is 3.90. The highest BCUT2D eigenvalue weighted by molar-refractivity contribution is 7.17. The van der Waals surface area contributed by atoms with Gasteiger partial charge in [0.05, 0.1) is 10.4 Å². The van der Waals surface area contributed by atoms with E-state index in [4.69, 9.17) is 0 Å². The minimum absolute atomic E-state index is 0.0853. The van der Waals surface area contributed by atoms with E-state index in [2.05, 4.69) is 0 Å². The zero-order valence-corrected chi connectivity index (χ0v) is 10.3. The highest BCUT2D eigenvalue weighted by Crippen LogP contribution is 2.33. The first kappa shape index (κ1) is 10.5. The van der Waals surface area contributed by atoms with Gasteiger partial charge >= 0.3 is 0 Å². The standard InChI is InChI=1S/C13H8O2S2/c14-12-8-5-7-17-10(8)4-3-9(12)13(15)11-2-1-6-16-11/h1-7,14H. The van der Waals surface area contributed by atoms with Gasteiger partial charge in [-0.1, -0.05) is 6.07 Å². The number of phenols is 1. The van der Waals surface area contributed by atoms with E-state index in [-0.39, 0.29) is 11.5 Å². The van der Waals surface area contributed by atoms with Gasteiger partial charge in [0.2, 0.25) is 5.78 Å². The van der Waals surface area contributed by atoms with E-state index in [1.54, 1.807) is 23.5 Å². The number of hydrogen-bond acceptors (Lipinski definition) is 4. The third-order valence-corrected chi connectivity index (χ3v) is 4.35. The second-order valence-corrected chi connectivity index (χ2v) is 5.50. The van der Waals surface area contributed by atoms with E-state index in [0.717, 1.165) is 10.1 Å². The van der Waals surface area contributed by atoms with Crippen molar-refractivity contribution in [2.75, 3.05) is 0 Å². The van der Waals surface area contributed by atoms with Crippen LogP contribution in [0.25, 0.3) is 10.1 Å². The van der Waals surface area contributed by atoms with Crippen LogP contribution < -0.4 is 0 Å². The molecular weight excluding hydrogens is 252 g/mol. The van der Waals surface area contributed by atoms with E-state index >= 15 is 0 Å². The number of hydrogen-bond donors (Lipinski definition) is 1. The molecule has 0 atom stereocenters. The maximum Gasteiger partial charge on any atom is 0.206 e. The average Bonchev–Trinajstić information content (AvgIpc) is 3.00. The monoisotopic (exact) mass is 260 g/mol. The van der Waals surface area contributed by atoms with E-state index < -0.39 is 0 Å². The van der Waals surface area contributed by atoms with Crippen molar-refractivity contribution in [3.63, 3.8) is 0 Å². The van der Waals surface area contributed by atoms with Gasteiger partial charge in [0.15, 0.2) is 0 Å². The van der Waals surface area contributed by atoms with Crippen LogP contribution in [0.2, 0.25) is 0 Å². The van der Waals surface area contributed by atoms with Gasteiger partial charge in [0.25, 0.3) is 0 Å². The van der Waals surface area contributed by atoms with Crippen LogP contribution in [0.3, 0.4) is 0 Å². The SMILES string of the molecule is O=C(c1cccs1)c1ccc2sccc2c1O. The lowest BCUT2D eigenvalue weighted by molar-refractivity contribution is 0.104. The molecule has 0 aliphatic carbocycles. The molecule has 0 bridgehead atoms. The molecule has 2 nitrogen and oxygen atoms in total. The number of rotatable bonds is 2. The fourth-order valence-corrected chi connectivity index (χ4v) is 3.22. The molecule has 3 rings (SSSR count). The Morgan fingerprint density at radius 1 is 1.06 bits per heavy atom. The first-order valence-electron chi connectivity index (χ1n) is 5.05. The Hall–Kier alpha value is -1.65. The summed E-state index contributed by atoms with van der Waals surface area (Å²) in [6.07, 6.45) is 0. The van der Waals surface area contributed by atoms with Crippen LogP contribution in [-0.4, -0.2) is 10.9 Å². The number of fused-ring (bicyclic) bond motifs is 1. The number of carbonyl (C=O) groups is 1. The van der Waals surface area contributed by atoms with Crippen molar-refractivity contribution >= 4 is 38.5 Å². The van der Waals surface area contributed by atoms with Crippen molar-refractivity contribution in [2.24, 2.45) is 0 Å². The summed E-state index contributed by atoms with van der Waals surface area (Å²) in [5.74, 6) is -0.0345. The zero-order valence-electron chi connectivity index (χ0n) is 8.71. The Bertz CT molecular complexity index is 681. The first-order valence-corrected chi connectivity index (χ1v) is 6.80. The van der Waals surface area contributed by atoms with Crippen molar-refractivity contribution in [1.82, 2.24) is 0 Å². The molecular formula is C13H8O2S2. The maximum absolute atomic E-state index is 12.1. The van der Waals surface area contributed by atoms with Gasteiger partial charge < -0.3 is 5.11 Å². The molecule has 0 saturated heterocycles. The molecule has 2 aromatic heterocycles. The van der Waals surface area contributed by atoms with E-state index in [0.29, 0.717) is 10.4 Å². The molecule has 1 N–H and O–H groups in total. The van der Waals surface area contributed by atoms with Gasteiger partial charge in [0.1, 0.15) is 5.75 Å². The number of benzene rings is 1. The molecule has 0 aliphatic rings. The minimum Gasteiger partial charge on any atom is -0.506 e. The first-order chi connectivity index (χ1) is 8.27. The lowest BCUT2D eigenvalue weighted by atomic mass is 10.1. The lowest BCUT2D eigenvalue weighted by Gasteiger charge is -2.03. The summed E-state index contributed by atoms with van der Waals surface area (Å²) in [4.78, 5) is 12.8.